The fourth-order valence-electron chi connectivity index (χ4n) is 3.20. The third-order valence-electron chi connectivity index (χ3n) is 4.67. The molecule has 5 nitrogen and oxygen atoms in total. The van der Waals surface area contributed by atoms with Crippen LogP contribution in [0.3, 0.4) is 0 Å². The summed E-state index contributed by atoms with van der Waals surface area (Å²) in [4.78, 5) is 23.2. The van der Waals surface area contributed by atoms with E-state index >= 15 is 0 Å². The van der Waals surface area contributed by atoms with Crippen LogP contribution in [-0.4, -0.2) is 40.5 Å². The number of carbonyl (C=O) groups excluding carboxylic acids is 1. The highest BCUT2D eigenvalue weighted by Gasteiger charge is 2.16. The van der Waals surface area contributed by atoms with E-state index in [-0.39, 0.29) is 12.5 Å². The maximum Gasteiger partial charge on any atom is 0.260 e. The smallest absolute Gasteiger partial charge is 0.260 e. The second kappa shape index (κ2) is 7.52. The number of hydrogen-bond donors (Lipinski definition) is 0. The highest BCUT2D eigenvalue weighted by Crippen LogP contribution is 2.22. The first-order chi connectivity index (χ1) is 12.8. The van der Waals surface area contributed by atoms with E-state index in [1.807, 2.05) is 53.4 Å². The van der Waals surface area contributed by atoms with E-state index in [0.29, 0.717) is 5.75 Å². The molecular formula is C21H21N3O2. The van der Waals surface area contributed by atoms with Gasteiger partial charge in [0.2, 0.25) is 0 Å². The van der Waals surface area contributed by atoms with Gasteiger partial charge in [-0.3, -0.25) is 9.78 Å². The van der Waals surface area contributed by atoms with Crippen LogP contribution >= 0.6 is 0 Å². The predicted molar refractivity (Wildman–Crippen MR) is 101 cm³/mol. The lowest BCUT2D eigenvalue weighted by Gasteiger charge is -2.26. The molecule has 0 saturated carbocycles. The summed E-state index contributed by atoms with van der Waals surface area (Å²) in [5.41, 5.74) is 3.54. The van der Waals surface area contributed by atoms with Gasteiger partial charge in [-0.15, -0.1) is 0 Å². The number of aromatic nitrogens is 2. The van der Waals surface area contributed by atoms with E-state index in [0.717, 1.165) is 48.2 Å². The molecular weight excluding hydrogens is 326 g/mol. The molecule has 0 N–H and O–H groups in total. The summed E-state index contributed by atoms with van der Waals surface area (Å²) in [6, 6.07) is 15.4. The number of ether oxygens (including phenoxy) is 1. The zero-order valence-electron chi connectivity index (χ0n) is 14.6. The normalized spacial score (nSPS) is 14.4. The standard InChI is InChI=1S/C21H21N3O2/c25-21(24-12-4-1-5-13-24)15-26-17-10-8-16(9-11-17)20-14-22-18-6-2-3-7-19(18)23-20/h2-3,6-11,14H,1,4-5,12-13,15H2. The van der Waals surface area contributed by atoms with Gasteiger partial charge in [-0.25, -0.2) is 4.98 Å². The van der Waals surface area contributed by atoms with Crippen LogP contribution in [0.25, 0.3) is 22.3 Å². The van der Waals surface area contributed by atoms with Crippen LogP contribution in [0.4, 0.5) is 0 Å². The number of nitrogens with zero attached hydrogens (tertiary/aromatic N) is 3. The van der Waals surface area contributed by atoms with E-state index in [9.17, 15) is 4.79 Å². The number of hydrogen-bond acceptors (Lipinski definition) is 4. The monoisotopic (exact) mass is 347 g/mol. The molecule has 1 aromatic heterocycles. The summed E-state index contributed by atoms with van der Waals surface area (Å²) in [6.45, 7) is 1.79. The van der Waals surface area contributed by atoms with Crippen LogP contribution in [0.5, 0.6) is 5.75 Å². The minimum atomic E-state index is 0.0640. The van der Waals surface area contributed by atoms with Crippen LogP contribution in [0.2, 0.25) is 0 Å². The maximum absolute atomic E-state index is 12.2. The molecule has 0 spiro atoms. The Morgan fingerprint density at radius 2 is 1.69 bits per heavy atom. The number of para-hydroxylation sites is 2. The van der Waals surface area contributed by atoms with Crippen molar-refractivity contribution >= 4 is 16.9 Å². The third kappa shape index (κ3) is 3.67. The van der Waals surface area contributed by atoms with Crippen molar-refractivity contribution in [1.82, 2.24) is 14.9 Å². The Kier molecular flexibility index (Phi) is 4.78. The number of amides is 1. The molecule has 3 aromatic rings. The number of rotatable bonds is 4. The lowest BCUT2D eigenvalue weighted by atomic mass is 10.1. The second-order valence-corrected chi connectivity index (χ2v) is 6.50. The van der Waals surface area contributed by atoms with Gasteiger partial charge in [0.25, 0.3) is 5.91 Å². The summed E-state index contributed by atoms with van der Waals surface area (Å²) in [6.07, 6.45) is 5.17. The van der Waals surface area contributed by atoms with E-state index in [1.165, 1.54) is 6.42 Å². The highest BCUT2D eigenvalue weighted by atomic mass is 16.5. The van der Waals surface area contributed by atoms with Crippen molar-refractivity contribution in [3.8, 4) is 17.0 Å². The Bertz CT molecular complexity index is 903. The SMILES string of the molecule is O=C(COc1ccc(-c2cnc3ccccc3n2)cc1)N1CCCCC1. The minimum Gasteiger partial charge on any atom is -0.484 e. The van der Waals surface area contributed by atoms with Crippen LogP contribution in [0.15, 0.2) is 54.7 Å². The van der Waals surface area contributed by atoms with Gasteiger partial charge in [-0.05, 0) is 55.7 Å². The summed E-state index contributed by atoms with van der Waals surface area (Å²) in [7, 11) is 0. The Balaban J connectivity index is 1.41. The molecule has 5 heteroatoms. The van der Waals surface area contributed by atoms with E-state index < -0.39 is 0 Å². The Morgan fingerprint density at radius 1 is 0.962 bits per heavy atom. The van der Waals surface area contributed by atoms with E-state index in [1.54, 1.807) is 6.20 Å². The molecule has 0 bridgehead atoms. The number of piperidine rings is 1. The lowest BCUT2D eigenvalue weighted by Crippen LogP contribution is -2.38. The molecule has 1 saturated heterocycles. The first-order valence-electron chi connectivity index (χ1n) is 9.02. The molecule has 1 aliphatic heterocycles. The fourth-order valence-corrected chi connectivity index (χ4v) is 3.20. The summed E-state index contributed by atoms with van der Waals surface area (Å²) in [5.74, 6) is 0.752. The summed E-state index contributed by atoms with van der Waals surface area (Å²) >= 11 is 0. The van der Waals surface area contributed by atoms with Crippen molar-refractivity contribution < 1.29 is 9.53 Å². The number of fused-ring (bicyclic) bond motifs is 1. The third-order valence-corrected chi connectivity index (χ3v) is 4.67. The van der Waals surface area contributed by atoms with E-state index in [4.69, 9.17) is 4.74 Å². The van der Waals surface area contributed by atoms with Crippen molar-refractivity contribution in [3.63, 3.8) is 0 Å². The molecule has 132 valence electrons. The fraction of sp³-hybridized carbons (Fsp3) is 0.286. The van der Waals surface area contributed by atoms with Gasteiger partial charge in [0.1, 0.15) is 5.75 Å². The van der Waals surface area contributed by atoms with Crippen molar-refractivity contribution in [2.45, 2.75) is 19.3 Å². The Labute approximate surface area is 152 Å². The molecule has 1 aliphatic rings. The van der Waals surface area contributed by atoms with Crippen molar-refractivity contribution in [3.05, 3.63) is 54.7 Å². The molecule has 0 unspecified atom stereocenters. The molecule has 2 heterocycles. The van der Waals surface area contributed by atoms with Gasteiger partial charge in [-0.1, -0.05) is 12.1 Å². The van der Waals surface area contributed by atoms with Gasteiger partial charge >= 0.3 is 0 Å². The van der Waals surface area contributed by atoms with Crippen molar-refractivity contribution in [1.29, 1.82) is 0 Å². The first kappa shape index (κ1) is 16.5. The molecule has 1 fully saturated rings. The zero-order chi connectivity index (χ0) is 17.8. The predicted octanol–water partition coefficient (Wildman–Crippen LogP) is 3.69. The lowest BCUT2D eigenvalue weighted by molar-refractivity contribution is -0.134. The molecule has 0 aliphatic carbocycles. The maximum atomic E-state index is 12.2. The van der Waals surface area contributed by atoms with Crippen LogP contribution in [0.1, 0.15) is 19.3 Å². The van der Waals surface area contributed by atoms with Gasteiger partial charge in [0, 0.05) is 18.7 Å². The van der Waals surface area contributed by atoms with Gasteiger partial charge in [0.05, 0.1) is 22.9 Å². The molecule has 26 heavy (non-hydrogen) atoms. The molecule has 2 aromatic carbocycles. The van der Waals surface area contributed by atoms with Crippen molar-refractivity contribution in [2.75, 3.05) is 19.7 Å². The highest BCUT2D eigenvalue weighted by molar-refractivity contribution is 5.78. The largest absolute Gasteiger partial charge is 0.484 e. The molecule has 0 atom stereocenters. The Morgan fingerprint density at radius 3 is 2.46 bits per heavy atom. The topological polar surface area (TPSA) is 55.3 Å². The van der Waals surface area contributed by atoms with Gasteiger partial charge < -0.3 is 9.64 Å². The first-order valence-corrected chi connectivity index (χ1v) is 9.02. The van der Waals surface area contributed by atoms with E-state index in [2.05, 4.69) is 9.97 Å². The van der Waals surface area contributed by atoms with Gasteiger partial charge in [0.15, 0.2) is 6.61 Å². The zero-order valence-corrected chi connectivity index (χ0v) is 14.6. The Hall–Kier alpha value is -2.95. The van der Waals surface area contributed by atoms with Crippen molar-refractivity contribution in [2.24, 2.45) is 0 Å². The van der Waals surface area contributed by atoms with Gasteiger partial charge in [-0.2, -0.15) is 0 Å². The molecule has 4 rings (SSSR count). The minimum absolute atomic E-state index is 0.0640. The molecule has 0 radical (unpaired) electrons. The molecule has 1 amide bonds. The number of carbonyl (C=O) groups is 1. The second-order valence-electron chi connectivity index (χ2n) is 6.50. The van der Waals surface area contributed by atoms with Crippen LogP contribution in [0, 0.1) is 0 Å². The number of likely N-dealkylation sites (tertiary alicyclic amines) is 1. The van der Waals surface area contributed by atoms with Crippen LogP contribution in [-0.2, 0) is 4.79 Å². The average molecular weight is 347 g/mol. The number of benzene rings is 2. The van der Waals surface area contributed by atoms with Crippen LogP contribution < -0.4 is 4.74 Å². The average Bonchev–Trinajstić information content (AvgIpc) is 2.72. The quantitative estimate of drug-likeness (QED) is 0.722. The summed E-state index contributed by atoms with van der Waals surface area (Å²) < 4.78 is 5.65. The summed E-state index contributed by atoms with van der Waals surface area (Å²) in [5, 5.41) is 0.